The van der Waals surface area contributed by atoms with E-state index in [0.717, 1.165) is 32.1 Å². The lowest BCUT2D eigenvalue weighted by molar-refractivity contribution is 0.283. The molecule has 4 N–H and O–H groups in total. The van der Waals surface area contributed by atoms with Gasteiger partial charge in [0.05, 0.1) is 6.61 Å². The molecule has 0 aromatic carbocycles. The second-order valence-corrected chi connectivity index (χ2v) is 5.50. The van der Waals surface area contributed by atoms with Crippen LogP contribution in [0.1, 0.15) is 39.0 Å². The number of nitrogen functional groups attached to an aromatic ring is 1. The summed E-state index contributed by atoms with van der Waals surface area (Å²) in [5.41, 5.74) is 5.48. The number of aromatic amines is 1. The number of nitrogens with zero attached hydrogens (tertiary/aromatic N) is 2. The molecule has 7 heteroatoms. The number of nitrogens with one attached hydrogen (secondary N) is 1. The maximum atomic E-state index is 12.2. The smallest absolute Gasteiger partial charge is 0.330 e. The lowest BCUT2D eigenvalue weighted by Gasteiger charge is -2.38. The number of aliphatic hydroxyl groups excluding tert-OH is 1. The van der Waals surface area contributed by atoms with E-state index in [1.54, 1.807) is 0 Å². The monoisotopic (exact) mass is 296 g/mol. The van der Waals surface area contributed by atoms with Crippen LogP contribution in [0.2, 0.25) is 0 Å². The fourth-order valence-electron chi connectivity index (χ4n) is 2.68. The Kier molecular flexibility index (Phi) is 5.06. The zero-order valence-electron chi connectivity index (χ0n) is 12.5. The molecule has 0 atom stereocenters. The summed E-state index contributed by atoms with van der Waals surface area (Å²) in [6, 6.07) is 0.220. The van der Waals surface area contributed by atoms with Gasteiger partial charge in [-0.2, -0.15) is 0 Å². The molecule has 7 nitrogen and oxygen atoms in total. The first-order valence-corrected chi connectivity index (χ1v) is 7.60. The molecule has 21 heavy (non-hydrogen) atoms. The first kappa shape index (κ1) is 15.6. The maximum Gasteiger partial charge on any atom is 0.330 e. The van der Waals surface area contributed by atoms with Gasteiger partial charge in [-0.25, -0.2) is 4.79 Å². The fraction of sp³-hybridized carbons (Fsp3) is 0.714. The summed E-state index contributed by atoms with van der Waals surface area (Å²) in [7, 11) is 0. The topological polar surface area (TPSA) is 104 Å². The van der Waals surface area contributed by atoms with Crippen LogP contribution < -0.4 is 21.9 Å². The SMILES string of the molecule is CCCCn1c(N)c(N(CCO)C2CCC2)c(=O)[nH]c1=O. The Morgan fingerprint density at radius 3 is 2.67 bits per heavy atom. The third-order valence-corrected chi connectivity index (χ3v) is 4.09. The van der Waals surface area contributed by atoms with Crippen LogP contribution in [0.4, 0.5) is 11.5 Å². The number of nitrogens with two attached hydrogens (primary N) is 1. The summed E-state index contributed by atoms with van der Waals surface area (Å²) in [5.74, 6) is 0.206. The summed E-state index contributed by atoms with van der Waals surface area (Å²) in [6.07, 6.45) is 4.82. The van der Waals surface area contributed by atoms with Gasteiger partial charge in [0.1, 0.15) is 11.5 Å². The van der Waals surface area contributed by atoms with E-state index in [-0.39, 0.29) is 18.5 Å². The second-order valence-electron chi connectivity index (χ2n) is 5.50. The van der Waals surface area contributed by atoms with Gasteiger partial charge in [0.25, 0.3) is 5.56 Å². The van der Waals surface area contributed by atoms with Crippen LogP contribution in [-0.2, 0) is 6.54 Å². The van der Waals surface area contributed by atoms with Crippen LogP contribution in [0.5, 0.6) is 0 Å². The van der Waals surface area contributed by atoms with Crippen LogP contribution in [-0.4, -0.2) is 33.9 Å². The molecule has 1 heterocycles. The van der Waals surface area contributed by atoms with Crippen molar-refractivity contribution < 1.29 is 5.11 Å². The molecule has 0 unspecified atom stereocenters. The lowest BCUT2D eigenvalue weighted by Crippen LogP contribution is -2.47. The Balaban J connectivity index is 2.45. The van der Waals surface area contributed by atoms with E-state index < -0.39 is 11.2 Å². The summed E-state index contributed by atoms with van der Waals surface area (Å²) in [6.45, 7) is 2.82. The number of unbranched alkanes of at least 4 members (excludes halogenated alkanes) is 1. The van der Waals surface area contributed by atoms with Crippen molar-refractivity contribution >= 4 is 11.5 Å². The van der Waals surface area contributed by atoms with Gasteiger partial charge in [-0.3, -0.25) is 14.3 Å². The fourth-order valence-corrected chi connectivity index (χ4v) is 2.68. The van der Waals surface area contributed by atoms with Gasteiger partial charge in [-0.05, 0) is 25.7 Å². The number of rotatable bonds is 7. The van der Waals surface area contributed by atoms with Crippen molar-refractivity contribution in [1.29, 1.82) is 0 Å². The van der Waals surface area contributed by atoms with Crippen LogP contribution in [0.3, 0.4) is 0 Å². The number of aromatic nitrogens is 2. The minimum atomic E-state index is -0.467. The summed E-state index contributed by atoms with van der Waals surface area (Å²) in [5, 5.41) is 9.25. The third-order valence-electron chi connectivity index (χ3n) is 4.09. The van der Waals surface area contributed by atoms with Crippen LogP contribution in [0, 0.1) is 0 Å². The van der Waals surface area contributed by atoms with E-state index in [1.807, 2.05) is 11.8 Å². The summed E-state index contributed by atoms with van der Waals surface area (Å²) in [4.78, 5) is 28.3. The first-order chi connectivity index (χ1) is 10.1. The quantitative estimate of drug-likeness (QED) is 0.670. The number of hydrogen-bond acceptors (Lipinski definition) is 5. The molecule has 118 valence electrons. The molecule has 0 saturated heterocycles. The van der Waals surface area contributed by atoms with E-state index >= 15 is 0 Å². The molecular formula is C14H24N4O3. The van der Waals surface area contributed by atoms with Crippen molar-refractivity contribution in [1.82, 2.24) is 9.55 Å². The number of H-pyrrole nitrogens is 1. The van der Waals surface area contributed by atoms with Crippen molar-refractivity contribution in [3.05, 3.63) is 20.8 Å². The molecule has 1 aliphatic carbocycles. The lowest BCUT2D eigenvalue weighted by atomic mass is 9.91. The van der Waals surface area contributed by atoms with E-state index in [1.165, 1.54) is 4.57 Å². The van der Waals surface area contributed by atoms with Gasteiger partial charge >= 0.3 is 5.69 Å². The Bertz CT molecular complexity index is 589. The van der Waals surface area contributed by atoms with Crippen molar-refractivity contribution in [3.63, 3.8) is 0 Å². The molecular weight excluding hydrogens is 272 g/mol. The summed E-state index contributed by atoms with van der Waals surface area (Å²) >= 11 is 0. The van der Waals surface area contributed by atoms with Crippen molar-refractivity contribution in [2.45, 2.75) is 51.6 Å². The molecule has 1 saturated carbocycles. The normalized spacial score (nSPS) is 15.0. The number of aliphatic hydroxyl groups is 1. The molecule has 0 spiro atoms. The first-order valence-electron chi connectivity index (χ1n) is 7.60. The van der Waals surface area contributed by atoms with Crippen molar-refractivity contribution in [2.24, 2.45) is 0 Å². The third kappa shape index (κ3) is 3.12. The molecule has 0 radical (unpaired) electrons. The molecule has 1 fully saturated rings. The van der Waals surface area contributed by atoms with Gasteiger partial charge < -0.3 is 15.7 Å². The van der Waals surface area contributed by atoms with Crippen LogP contribution in [0.15, 0.2) is 9.59 Å². The predicted octanol–water partition coefficient (Wildman–Crippen LogP) is 0.270. The highest BCUT2D eigenvalue weighted by Crippen LogP contribution is 2.29. The zero-order valence-corrected chi connectivity index (χ0v) is 12.5. The molecule has 0 bridgehead atoms. The summed E-state index contributed by atoms with van der Waals surface area (Å²) < 4.78 is 1.42. The molecule has 1 aromatic heterocycles. The Hall–Kier alpha value is -1.76. The highest BCUT2D eigenvalue weighted by molar-refractivity contribution is 5.63. The zero-order chi connectivity index (χ0) is 15.4. The number of hydrogen-bond donors (Lipinski definition) is 3. The molecule has 0 amide bonds. The molecule has 1 aromatic rings. The van der Waals surface area contributed by atoms with Gasteiger partial charge in [0.2, 0.25) is 0 Å². The average Bonchev–Trinajstić information content (AvgIpc) is 2.36. The van der Waals surface area contributed by atoms with Crippen LogP contribution >= 0.6 is 0 Å². The molecule has 1 aliphatic rings. The minimum absolute atomic E-state index is 0.0521. The van der Waals surface area contributed by atoms with E-state index in [2.05, 4.69) is 4.98 Å². The van der Waals surface area contributed by atoms with Gasteiger partial charge in [0.15, 0.2) is 0 Å². The Labute approximate surface area is 123 Å². The molecule has 2 rings (SSSR count). The minimum Gasteiger partial charge on any atom is -0.395 e. The number of anilines is 2. The Morgan fingerprint density at radius 1 is 1.43 bits per heavy atom. The second kappa shape index (κ2) is 6.80. The van der Waals surface area contributed by atoms with E-state index in [4.69, 9.17) is 5.73 Å². The molecule has 0 aliphatic heterocycles. The van der Waals surface area contributed by atoms with Crippen molar-refractivity contribution in [3.8, 4) is 0 Å². The highest BCUT2D eigenvalue weighted by Gasteiger charge is 2.29. The standard InChI is InChI=1S/C14H24N4O3/c1-2-3-7-18-12(15)11(13(20)16-14(18)21)17(8-9-19)10-5-4-6-10/h10,19H,2-9,15H2,1H3,(H,16,20,21). The van der Waals surface area contributed by atoms with Gasteiger partial charge in [-0.15, -0.1) is 0 Å². The maximum absolute atomic E-state index is 12.2. The predicted molar refractivity (Wildman–Crippen MR) is 82.7 cm³/mol. The van der Waals surface area contributed by atoms with Gasteiger partial charge in [-0.1, -0.05) is 13.3 Å². The van der Waals surface area contributed by atoms with E-state index in [0.29, 0.717) is 18.8 Å². The average molecular weight is 296 g/mol. The van der Waals surface area contributed by atoms with Gasteiger partial charge in [0, 0.05) is 19.1 Å². The van der Waals surface area contributed by atoms with Crippen molar-refractivity contribution in [2.75, 3.05) is 23.8 Å². The van der Waals surface area contributed by atoms with Crippen LogP contribution in [0.25, 0.3) is 0 Å². The largest absolute Gasteiger partial charge is 0.395 e. The Morgan fingerprint density at radius 2 is 2.14 bits per heavy atom. The highest BCUT2D eigenvalue weighted by atomic mass is 16.3. The van der Waals surface area contributed by atoms with E-state index in [9.17, 15) is 14.7 Å².